The van der Waals surface area contributed by atoms with E-state index in [-0.39, 0.29) is 36.2 Å². The lowest BCUT2D eigenvalue weighted by molar-refractivity contribution is 0.0712. The Morgan fingerprint density at radius 2 is 0.957 bits per heavy atom. The van der Waals surface area contributed by atoms with Crippen molar-refractivity contribution in [3.8, 4) is 23.0 Å². The van der Waals surface area contributed by atoms with Crippen molar-refractivity contribution in [2.75, 3.05) is 13.2 Å². The lowest BCUT2D eigenvalue weighted by Crippen LogP contribution is -2.14. The zero-order chi connectivity index (χ0) is 34.2. The quantitative estimate of drug-likeness (QED) is 0.0520. The van der Waals surface area contributed by atoms with Gasteiger partial charge in [-0.25, -0.2) is 18.4 Å². The van der Waals surface area contributed by atoms with E-state index in [0.29, 0.717) is 18.4 Å². The van der Waals surface area contributed by atoms with Gasteiger partial charge in [0.15, 0.2) is 23.1 Å². The van der Waals surface area contributed by atoms with Crippen molar-refractivity contribution in [3.63, 3.8) is 0 Å². The monoisotopic (exact) mass is 660 g/mol. The van der Waals surface area contributed by atoms with E-state index in [1.807, 2.05) is 0 Å². The van der Waals surface area contributed by atoms with Crippen molar-refractivity contribution in [1.29, 1.82) is 0 Å². The fourth-order valence-corrected chi connectivity index (χ4v) is 4.85. The number of carbonyl (C=O) groups is 2. The summed E-state index contributed by atoms with van der Waals surface area (Å²) in [5.41, 5.74) is -0.950. The predicted octanol–water partition coefficient (Wildman–Crippen LogP) is 10.5. The van der Waals surface area contributed by atoms with Crippen LogP contribution < -0.4 is 18.9 Å². The second kappa shape index (κ2) is 19.6. The Morgan fingerprint density at radius 1 is 0.532 bits per heavy atom. The molecule has 0 saturated carbocycles. The molecule has 47 heavy (non-hydrogen) atoms. The number of hydrogen-bond acceptors (Lipinski definition) is 6. The van der Waals surface area contributed by atoms with Crippen molar-refractivity contribution in [2.45, 2.75) is 97.8 Å². The molecule has 0 spiro atoms. The fraction of sp³-hybridized carbons (Fsp3) is 0.459. The van der Waals surface area contributed by atoms with Gasteiger partial charge >= 0.3 is 11.9 Å². The van der Waals surface area contributed by atoms with Crippen molar-refractivity contribution >= 4 is 11.9 Å². The van der Waals surface area contributed by atoms with Crippen LogP contribution in [0.4, 0.5) is 17.6 Å². The van der Waals surface area contributed by atoms with Crippen LogP contribution in [-0.4, -0.2) is 25.2 Å². The summed E-state index contributed by atoms with van der Waals surface area (Å²) in [5, 5.41) is 0. The lowest BCUT2D eigenvalue weighted by atomic mass is 10.1. The van der Waals surface area contributed by atoms with Crippen LogP contribution in [0, 0.1) is 30.2 Å². The van der Waals surface area contributed by atoms with Crippen LogP contribution in [0.2, 0.25) is 0 Å². The first kappa shape index (κ1) is 37.4. The molecule has 0 unspecified atom stereocenters. The predicted molar refractivity (Wildman–Crippen MR) is 172 cm³/mol. The molecule has 0 fully saturated rings. The third kappa shape index (κ3) is 11.3. The molecular formula is C37H44F4O6. The van der Waals surface area contributed by atoms with Crippen LogP contribution in [-0.2, 0) is 0 Å². The van der Waals surface area contributed by atoms with Crippen molar-refractivity contribution < 1.29 is 46.1 Å². The van der Waals surface area contributed by atoms with E-state index in [9.17, 15) is 27.2 Å². The highest BCUT2D eigenvalue weighted by molar-refractivity contribution is 5.92. The Hall–Kier alpha value is -4.08. The zero-order valence-electron chi connectivity index (χ0n) is 27.4. The molecule has 0 aromatic heterocycles. The molecule has 0 aliphatic heterocycles. The number of ether oxygens (including phenoxy) is 4. The van der Waals surface area contributed by atoms with Gasteiger partial charge in [0.05, 0.1) is 24.3 Å². The minimum absolute atomic E-state index is 0.0119. The Labute approximate surface area is 274 Å². The first-order chi connectivity index (χ1) is 22.7. The number of unbranched alkanes of at least 4 members (excludes halogenated alkanes) is 10. The number of halogens is 4. The Bertz CT molecular complexity index is 1480. The normalized spacial score (nSPS) is 11.0. The van der Waals surface area contributed by atoms with E-state index in [1.165, 1.54) is 37.3 Å². The van der Waals surface area contributed by atoms with Crippen LogP contribution >= 0.6 is 0 Å². The standard InChI is InChI=1S/C37H44F4O6/c1-4-6-8-10-12-14-22-44-30-20-17-27(32(38)34(30)40)36(42)46-26-16-19-29(25(3)24-26)47-37(43)28-18-21-31(35(41)33(28)39)45-23-15-13-11-9-7-5-2/h16-21,24H,4-15,22-23H2,1-3H3. The van der Waals surface area contributed by atoms with Crippen LogP contribution in [0.15, 0.2) is 42.5 Å². The van der Waals surface area contributed by atoms with Crippen LogP contribution in [0.1, 0.15) is 117 Å². The summed E-state index contributed by atoms with van der Waals surface area (Å²) in [4.78, 5) is 25.3. The third-order valence-corrected chi connectivity index (χ3v) is 7.60. The highest BCUT2D eigenvalue weighted by Gasteiger charge is 2.23. The van der Waals surface area contributed by atoms with Gasteiger partial charge in [0, 0.05) is 0 Å². The molecule has 3 aromatic carbocycles. The average Bonchev–Trinajstić information content (AvgIpc) is 3.05. The zero-order valence-corrected chi connectivity index (χ0v) is 27.4. The molecule has 0 atom stereocenters. The number of hydrogen-bond donors (Lipinski definition) is 0. The van der Waals surface area contributed by atoms with Gasteiger partial charge in [-0.2, -0.15) is 8.78 Å². The summed E-state index contributed by atoms with van der Waals surface area (Å²) in [6, 6.07) is 8.38. The molecule has 0 radical (unpaired) electrons. The molecule has 0 N–H and O–H groups in total. The van der Waals surface area contributed by atoms with Crippen LogP contribution in [0.5, 0.6) is 23.0 Å². The second-order valence-electron chi connectivity index (χ2n) is 11.4. The largest absolute Gasteiger partial charge is 0.490 e. The number of rotatable bonds is 20. The lowest BCUT2D eigenvalue weighted by Gasteiger charge is -2.12. The van der Waals surface area contributed by atoms with Crippen LogP contribution in [0.3, 0.4) is 0 Å². The van der Waals surface area contributed by atoms with E-state index >= 15 is 0 Å². The van der Waals surface area contributed by atoms with Gasteiger partial charge in [0.2, 0.25) is 11.6 Å². The minimum Gasteiger partial charge on any atom is -0.490 e. The number of carbonyl (C=O) groups excluding carboxylic acids is 2. The maximum absolute atomic E-state index is 14.7. The highest BCUT2D eigenvalue weighted by atomic mass is 19.2. The van der Waals surface area contributed by atoms with E-state index in [1.54, 1.807) is 0 Å². The average molecular weight is 661 g/mol. The van der Waals surface area contributed by atoms with E-state index < -0.39 is 46.3 Å². The van der Waals surface area contributed by atoms with Crippen molar-refractivity contribution in [1.82, 2.24) is 0 Å². The third-order valence-electron chi connectivity index (χ3n) is 7.60. The first-order valence-corrected chi connectivity index (χ1v) is 16.4. The maximum Gasteiger partial charge on any atom is 0.346 e. The van der Waals surface area contributed by atoms with Gasteiger partial charge < -0.3 is 18.9 Å². The summed E-state index contributed by atoms with van der Waals surface area (Å²) in [7, 11) is 0. The fourth-order valence-electron chi connectivity index (χ4n) is 4.85. The highest BCUT2D eigenvalue weighted by Crippen LogP contribution is 2.29. The van der Waals surface area contributed by atoms with Crippen molar-refractivity contribution in [2.24, 2.45) is 0 Å². The number of benzene rings is 3. The topological polar surface area (TPSA) is 71.1 Å². The Balaban J connectivity index is 1.55. The Kier molecular flexibility index (Phi) is 15.5. The summed E-state index contributed by atoms with van der Waals surface area (Å²) >= 11 is 0. The molecule has 3 aromatic rings. The van der Waals surface area contributed by atoms with E-state index in [4.69, 9.17) is 18.9 Å². The summed E-state index contributed by atoms with van der Waals surface area (Å²) in [6.07, 6.45) is 12.1. The molecule has 3 rings (SSSR count). The molecule has 0 bridgehead atoms. The van der Waals surface area contributed by atoms with Gasteiger partial charge in [-0.3, -0.25) is 0 Å². The molecule has 0 aliphatic rings. The first-order valence-electron chi connectivity index (χ1n) is 16.4. The molecule has 6 nitrogen and oxygen atoms in total. The number of esters is 2. The van der Waals surface area contributed by atoms with Gasteiger partial charge in [-0.05, 0) is 67.8 Å². The molecule has 256 valence electrons. The van der Waals surface area contributed by atoms with E-state index in [0.717, 1.165) is 76.3 Å². The smallest absolute Gasteiger partial charge is 0.346 e. The molecule has 0 saturated heterocycles. The summed E-state index contributed by atoms with van der Waals surface area (Å²) in [6.45, 7) is 6.22. The van der Waals surface area contributed by atoms with E-state index in [2.05, 4.69) is 13.8 Å². The number of aryl methyl sites for hydroxylation is 1. The maximum atomic E-state index is 14.7. The van der Waals surface area contributed by atoms with Gasteiger partial charge in [0.1, 0.15) is 11.5 Å². The van der Waals surface area contributed by atoms with Gasteiger partial charge in [-0.1, -0.05) is 78.1 Å². The summed E-state index contributed by atoms with van der Waals surface area (Å²) in [5.74, 6) is -8.30. The van der Waals surface area contributed by atoms with Gasteiger partial charge in [-0.15, -0.1) is 0 Å². The SMILES string of the molecule is CCCCCCCCOc1ccc(C(=O)Oc2ccc(OC(=O)c3ccc(OCCCCCCCC)c(F)c3F)c(C)c2)c(F)c1F. The molecule has 10 heteroatoms. The molecular weight excluding hydrogens is 616 g/mol. The van der Waals surface area contributed by atoms with Crippen molar-refractivity contribution in [3.05, 3.63) is 82.4 Å². The molecule has 0 amide bonds. The minimum atomic E-state index is -1.40. The molecule has 0 aliphatic carbocycles. The van der Waals surface area contributed by atoms with Gasteiger partial charge in [0.25, 0.3) is 0 Å². The molecule has 0 heterocycles. The Morgan fingerprint density at radius 3 is 1.43 bits per heavy atom. The van der Waals surface area contributed by atoms with Crippen LogP contribution in [0.25, 0.3) is 0 Å². The second-order valence-corrected chi connectivity index (χ2v) is 11.4. The summed E-state index contributed by atoms with van der Waals surface area (Å²) < 4.78 is 79.9.